The third-order valence-corrected chi connectivity index (χ3v) is 3.47. The Balaban J connectivity index is 2.00. The highest BCUT2D eigenvalue weighted by atomic mass is 16.8. The van der Waals surface area contributed by atoms with Crippen molar-refractivity contribution in [3.05, 3.63) is 12.7 Å². The fourth-order valence-electron chi connectivity index (χ4n) is 2.55. The second-order valence-electron chi connectivity index (χ2n) is 5.58. The van der Waals surface area contributed by atoms with Crippen LogP contribution in [0.5, 0.6) is 0 Å². The Hall–Kier alpha value is -0.500. The molecule has 2 N–H and O–H groups in total. The first-order valence-electron chi connectivity index (χ1n) is 7.01. The van der Waals surface area contributed by atoms with Crippen LogP contribution in [0.25, 0.3) is 0 Å². The van der Waals surface area contributed by atoms with E-state index in [-0.39, 0.29) is 6.61 Å². The molecule has 0 spiro atoms. The highest BCUT2D eigenvalue weighted by molar-refractivity contribution is 4.96. The molecule has 6 nitrogen and oxygen atoms in total. The van der Waals surface area contributed by atoms with Gasteiger partial charge in [0.2, 0.25) is 0 Å². The molecule has 6 heteroatoms. The van der Waals surface area contributed by atoms with Crippen molar-refractivity contribution < 1.29 is 29.2 Å². The molecule has 0 aliphatic carbocycles. The molecule has 5 atom stereocenters. The molecule has 2 fully saturated rings. The molecule has 2 rings (SSSR count). The Morgan fingerprint density at radius 1 is 1.30 bits per heavy atom. The van der Waals surface area contributed by atoms with Crippen molar-refractivity contribution in [2.45, 2.75) is 63.2 Å². The Bertz CT molecular complexity index is 332. The lowest BCUT2D eigenvalue weighted by molar-refractivity contribution is -0.280. The first-order valence-corrected chi connectivity index (χ1v) is 7.01. The fraction of sp³-hybridized carbons (Fsp3) is 0.857. The summed E-state index contributed by atoms with van der Waals surface area (Å²) in [5.74, 6) is -0.799. The smallest absolute Gasteiger partial charge is 0.187 e. The third-order valence-electron chi connectivity index (χ3n) is 3.47. The maximum absolute atomic E-state index is 10.1. The predicted octanol–water partition coefficient (Wildman–Crippen LogP) is 0.567. The molecule has 0 aromatic carbocycles. The minimum absolute atomic E-state index is 0.291. The Morgan fingerprint density at radius 3 is 2.65 bits per heavy atom. The zero-order chi connectivity index (χ0) is 14.8. The van der Waals surface area contributed by atoms with Gasteiger partial charge in [0, 0.05) is 0 Å². The van der Waals surface area contributed by atoms with Gasteiger partial charge < -0.3 is 29.2 Å². The lowest BCUT2D eigenvalue weighted by atomic mass is 9.99. The molecule has 0 bridgehead atoms. The van der Waals surface area contributed by atoms with Gasteiger partial charge in [-0.3, -0.25) is 0 Å². The van der Waals surface area contributed by atoms with E-state index >= 15 is 0 Å². The third kappa shape index (κ3) is 3.39. The van der Waals surface area contributed by atoms with Crippen LogP contribution < -0.4 is 0 Å². The summed E-state index contributed by atoms with van der Waals surface area (Å²) in [4.78, 5) is 0. The van der Waals surface area contributed by atoms with Crippen LogP contribution in [0, 0.1) is 0 Å². The molecule has 2 aliphatic rings. The molecule has 0 radical (unpaired) electrons. The summed E-state index contributed by atoms with van der Waals surface area (Å²) in [6.45, 7) is 7.42. The summed E-state index contributed by atoms with van der Waals surface area (Å²) >= 11 is 0. The van der Waals surface area contributed by atoms with Crippen molar-refractivity contribution in [1.29, 1.82) is 0 Å². The van der Waals surface area contributed by atoms with Crippen LogP contribution in [-0.2, 0) is 18.9 Å². The Morgan fingerprint density at radius 2 is 2.00 bits per heavy atom. The van der Waals surface area contributed by atoms with Crippen LogP contribution in [0.2, 0.25) is 0 Å². The molecule has 2 saturated heterocycles. The molecule has 20 heavy (non-hydrogen) atoms. The van der Waals surface area contributed by atoms with Crippen molar-refractivity contribution >= 4 is 0 Å². The number of hydrogen-bond donors (Lipinski definition) is 2. The molecule has 5 unspecified atom stereocenters. The summed E-state index contributed by atoms with van der Waals surface area (Å²) in [5.41, 5.74) is 0. The lowest BCUT2D eigenvalue weighted by Gasteiger charge is -2.39. The first-order chi connectivity index (χ1) is 9.48. The fourth-order valence-corrected chi connectivity index (χ4v) is 2.55. The van der Waals surface area contributed by atoms with Gasteiger partial charge in [0.25, 0.3) is 0 Å². The van der Waals surface area contributed by atoms with Crippen LogP contribution in [-0.4, -0.2) is 59.9 Å². The van der Waals surface area contributed by atoms with Crippen molar-refractivity contribution in [2.24, 2.45) is 0 Å². The van der Waals surface area contributed by atoms with Gasteiger partial charge in [-0.25, -0.2) is 0 Å². The van der Waals surface area contributed by atoms with Gasteiger partial charge in [0.15, 0.2) is 12.1 Å². The van der Waals surface area contributed by atoms with E-state index in [4.69, 9.17) is 18.9 Å². The second kappa shape index (κ2) is 6.51. The van der Waals surface area contributed by atoms with Gasteiger partial charge in [-0.2, -0.15) is 0 Å². The van der Waals surface area contributed by atoms with E-state index in [0.717, 1.165) is 12.8 Å². The Kier molecular flexibility index (Phi) is 5.17. The van der Waals surface area contributed by atoms with Crippen LogP contribution >= 0.6 is 0 Å². The molecule has 0 aromatic rings. The van der Waals surface area contributed by atoms with Crippen molar-refractivity contribution in [3.63, 3.8) is 0 Å². The number of aliphatic hydroxyl groups is 2. The number of rotatable bonds is 6. The van der Waals surface area contributed by atoms with Gasteiger partial charge >= 0.3 is 0 Å². The molecule has 2 heterocycles. The van der Waals surface area contributed by atoms with Crippen molar-refractivity contribution in [2.75, 3.05) is 13.2 Å². The van der Waals surface area contributed by atoms with E-state index in [0.29, 0.717) is 6.61 Å². The summed E-state index contributed by atoms with van der Waals surface area (Å²) in [7, 11) is 0. The molecule has 2 aliphatic heterocycles. The molecule has 116 valence electrons. The van der Waals surface area contributed by atoms with E-state index in [2.05, 4.69) is 6.58 Å². The highest BCUT2D eigenvalue weighted by Crippen LogP contribution is 2.37. The molecule has 0 amide bonds. The number of ether oxygens (including phenoxy) is 4. The van der Waals surface area contributed by atoms with Gasteiger partial charge in [0.1, 0.15) is 24.4 Å². The van der Waals surface area contributed by atoms with Crippen LogP contribution in [0.4, 0.5) is 0 Å². The number of allylic oxidation sites excluding steroid dienone is 1. The van der Waals surface area contributed by atoms with E-state index in [9.17, 15) is 10.2 Å². The maximum atomic E-state index is 10.1. The first kappa shape index (κ1) is 15.9. The SMILES string of the molecule is C=CCCCOC1OC(CO)C(O)C2OC(C)(C)OC12. The number of aliphatic hydroxyl groups excluding tert-OH is 2. The average Bonchev–Trinajstić information content (AvgIpc) is 2.73. The van der Waals surface area contributed by atoms with E-state index < -0.39 is 36.5 Å². The Labute approximate surface area is 119 Å². The summed E-state index contributed by atoms with van der Waals surface area (Å²) in [6, 6.07) is 0. The lowest BCUT2D eigenvalue weighted by Crippen LogP contribution is -2.58. The van der Waals surface area contributed by atoms with Crippen molar-refractivity contribution in [1.82, 2.24) is 0 Å². The number of hydrogen-bond acceptors (Lipinski definition) is 6. The summed E-state index contributed by atoms with van der Waals surface area (Å²) in [5, 5.41) is 19.4. The monoisotopic (exact) mass is 288 g/mol. The quantitative estimate of drug-likeness (QED) is 0.549. The zero-order valence-electron chi connectivity index (χ0n) is 12.0. The minimum atomic E-state index is -0.931. The van der Waals surface area contributed by atoms with Crippen LogP contribution in [0.3, 0.4) is 0 Å². The minimum Gasteiger partial charge on any atom is -0.394 e. The molecular weight excluding hydrogens is 264 g/mol. The normalized spacial score (nSPS) is 39.5. The largest absolute Gasteiger partial charge is 0.394 e. The van der Waals surface area contributed by atoms with Crippen molar-refractivity contribution in [3.8, 4) is 0 Å². The van der Waals surface area contributed by atoms with Gasteiger partial charge in [0.05, 0.1) is 13.2 Å². The molecule has 0 saturated carbocycles. The van der Waals surface area contributed by atoms with Crippen LogP contribution in [0.15, 0.2) is 12.7 Å². The van der Waals surface area contributed by atoms with Crippen LogP contribution in [0.1, 0.15) is 26.7 Å². The second-order valence-corrected chi connectivity index (χ2v) is 5.58. The standard InChI is InChI=1S/C14H24O6/c1-4-5-6-7-17-13-12-11(19-14(2,3)20-12)10(16)9(8-15)18-13/h4,9-13,15-16H,1,5-8H2,2-3H3. The average molecular weight is 288 g/mol. The molecular formula is C14H24O6. The van der Waals surface area contributed by atoms with Gasteiger partial charge in [-0.1, -0.05) is 6.08 Å². The van der Waals surface area contributed by atoms with E-state index in [1.165, 1.54) is 0 Å². The predicted molar refractivity (Wildman–Crippen MR) is 71.0 cm³/mol. The van der Waals surface area contributed by atoms with Gasteiger partial charge in [-0.15, -0.1) is 6.58 Å². The topological polar surface area (TPSA) is 77.4 Å². The van der Waals surface area contributed by atoms with E-state index in [1.807, 2.05) is 6.08 Å². The summed E-state index contributed by atoms with van der Waals surface area (Å²) in [6.07, 6.45) is 0.163. The zero-order valence-corrected chi connectivity index (χ0v) is 12.0. The summed E-state index contributed by atoms with van der Waals surface area (Å²) < 4.78 is 22.7. The van der Waals surface area contributed by atoms with E-state index in [1.54, 1.807) is 13.8 Å². The highest BCUT2D eigenvalue weighted by Gasteiger charge is 2.55. The molecule has 0 aromatic heterocycles. The van der Waals surface area contributed by atoms with Gasteiger partial charge in [-0.05, 0) is 26.7 Å². The number of unbranched alkanes of at least 4 members (excludes halogenated alkanes) is 1. The maximum Gasteiger partial charge on any atom is 0.187 e. The number of fused-ring (bicyclic) bond motifs is 1.